The van der Waals surface area contributed by atoms with Crippen molar-refractivity contribution in [1.29, 1.82) is 0 Å². The van der Waals surface area contributed by atoms with E-state index in [9.17, 15) is 4.79 Å². The van der Waals surface area contributed by atoms with E-state index in [-0.39, 0.29) is 11.9 Å². The van der Waals surface area contributed by atoms with Crippen molar-refractivity contribution in [3.05, 3.63) is 46.7 Å². The first-order valence-electron chi connectivity index (χ1n) is 6.92. The molecule has 5 heteroatoms. The number of anilines is 1. The molecule has 0 aliphatic carbocycles. The predicted molar refractivity (Wildman–Crippen MR) is 86.6 cm³/mol. The third kappa shape index (κ3) is 5.47. The molecular formula is C16H20N2O2S. The van der Waals surface area contributed by atoms with Crippen LogP contribution in [0.15, 0.2) is 41.1 Å². The van der Waals surface area contributed by atoms with Crippen LogP contribution in [0.25, 0.3) is 0 Å². The van der Waals surface area contributed by atoms with Crippen LogP contribution in [0.2, 0.25) is 0 Å². The molecule has 0 saturated carbocycles. The number of carbonyl (C=O) groups is 1. The van der Waals surface area contributed by atoms with Crippen LogP contribution in [0.3, 0.4) is 0 Å². The van der Waals surface area contributed by atoms with Gasteiger partial charge in [0.2, 0.25) is 5.91 Å². The van der Waals surface area contributed by atoms with Crippen molar-refractivity contribution in [1.82, 2.24) is 5.32 Å². The Labute approximate surface area is 128 Å². The summed E-state index contributed by atoms with van der Waals surface area (Å²) >= 11 is 1.67. The zero-order valence-corrected chi connectivity index (χ0v) is 12.9. The quantitative estimate of drug-likeness (QED) is 0.773. The van der Waals surface area contributed by atoms with Crippen molar-refractivity contribution in [3.63, 3.8) is 0 Å². The molecule has 1 atom stereocenters. The number of ether oxygens (including phenoxy) is 1. The van der Waals surface area contributed by atoms with Crippen molar-refractivity contribution in [2.45, 2.75) is 25.8 Å². The third-order valence-electron chi connectivity index (χ3n) is 2.99. The molecule has 0 saturated heterocycles. The zero-order chi connectivity index (χ0) is 15.1. The van der Waals surface area contributed by atoms with Crippen LogP contribution in [0.1, 0.15) is 18.9 Å². The van der Waals surface area contributed by atoms with Gasteiger partial charge < -0.3 is 15.8 Å². The Morgan fingerprint density at radius 2 is 2.29 bits per heavy atom. The normalized spacial score (nSPS) is 11.9. The highest BCUT2D eigenvalue weighted by Crippen LogP contribution is 2.14. The Bertz CT molecular complexity index is 569. The predicted octanol–water partition coefficient (Wildman–Crippen LogP) is 2.85. The maximum absolute atomic E-state index is 11.8. The van der Waals surface area contributed by atoms with E-state index in [2.05, 4.69) is 16.8 Å². The number of thiophene rings is 1. The van der Waals surface area contributed by atoms with Crippen LogP contribution in [-0.2, 0) is 11.2 Å². The van der Waals surface area contributed by atoms with Gasteiger partial charge >= 0.3 is 0 Å². The highest BCUT2D eigenvalue weighted by atomic mass is 32.1. The first-order valence-corrected chi connectivity index (χ1v) is 7.86. The van der Waals surface area contributed by atoms with E-state index in [0.717, 1.165) is 6.42 Å². The Kier molecular flexibility index (Phi) is 5.63. The van der Waals surface area contributed by atoms with Gasteiger partial charge in [0.1, 0.15) is 5.75 Å². The minimum Gasteiger partial charge on any atom is -0.493 e. The van der Waals surface area contributed by atoms with Crippen LogP contribution in [0, 0.1) is 0 Å². The fourth-order valence-corrected chi connectivity index (χ4v) is 2.71. The van der Waals surface area contributed by atoms with E-state index >= 15 is 0 Å². The fourth-order valence-electron chi connectivity index (χ4n) is 2.03. The van der Waals surface area contributed by atoms with E-state index in [1.54, 1.807) is 23.5 Å². The molecule has 1 unspecified atom stereocenters. The van der Waals surface area contributed by atoms with Gasteiger partial charge in [0.15, 0.2) is 0 Å². The lowest BCUT2D eigenvalue weighted by Crippen LogP contribution is -2.34. The van der Waals surface area contributed by atoms with Gasteiger partial charge in [-0.2, -0.15) is 11.3 Å². The van der Waals surface area contributed by atoms with Crippen LogP contribution in [0.4, 0.5) is 5.69 Å². The van der Waals surface area contributed by atoms with E-state index in [1.807, 2.05) is 24.4 Å². The van der Waals surface area contributed by atoms with Gasteiger partial charge in [-0.25, -0.2) is 0 Å². The summed E-state index contributed by atoms with van der Waals surface area (Å²) in [5.41, 5.74) is 7.57. The fraction of sp³-hybridized carbons (Fsp3) is 0.312. The number of hydrogen-bond donors (Lipinski definition) is 2. The molecule has 2 aromatic rings. The SMILES string of the molecule is CC(Cc1ccsc1)NC(=O)CCOc1cccc(N)c1. The summed E-state index contributed by atoms with van der Waals surface area (Å²) in [5.74, 6) is 0.691. The lowest BCUT2D eigenvalue weighted by Gasteiger charge is -2.13. The van der Waals surface area contributed by atoms with Crippen LogP contribution >= 0.6 is 11.3 Å². The van der Waals surface area contributed by atoms with Gasteiger partial charge in [0.25, 0.3) is 0 Å². The Morgan fingerprint density at radius 3 is 3.00 bits per heavy atom. The van der Waals surface area contributed by atoms with Gasteiger partial charge in [-0.1, -0.05) is 6.07 Å². The monoisotopic (exact) mass is 304 g/mol. The van der Waals surface area contributed by atoms with E-state index < -0.39 is 0 Å². The van der Waals surface area contributed by atoms with E-state index in [4.69, 9.17) is 10.5 Å². The van der Waals surface area contributed by atoms with Crippen molar-refractivity contribution >= 4 is 22.9 Å². The zero-order valence-electron chi connectivity index (χ0n) is 12.0. The molecule has 2 rings (SSSR count). The molecular weight excluding hydrogens is 284 g/mol. The van der Waals surface area contributed by atoms with Gasteiger partial charge in [0.05, 0.1) is 13.0 Å². The Morgan fingerprint density at radius 1 is 1.43 bits per heavy atom. The smallest absolute Gasteiger partial charge is 0.223 e. The first kappa shape index (κ1) is 15.4. The number of carbonyl (C=O) groups excluding carboxylic acids is 1. The van der Waals surface area contributed by atoms with Crippen LogP contribution < -0.4 is 15.8 Å². The number of nitrogens with one attached hydrogen (secondary N) is 1. The molecule has 0 spiro atoms. The summed E-state index contributed by atoms with van der Waals surface area (Å²) < 4.78 is 5.51. The number of amides is 1. The standard InChI is InChI=1S/C16H20N2O2S/c1-12(9-13-6-8-21-11-13)18-16(19)5-7-20-15-4-2-3-14(17)10-15/h2-4,6,8,10-12H,5,7,9,17H2,1H3,(H,18,19). The first-order chi connectivity index (χ1) is 10.1. The maximum atomic E-state index is 11.8. The lowest BCUT2D eigenvalue weighted by molar-refractivity contribution is -0.122. The summed E-state index contributed by atoms with van der Waals surface area (Å²) in [5, 5.41) is 7.12. The second-order valence-corrected chi connectivity index (χ2v) is 5.76. The molecule has 0 bridgehead atoms. The lowest BCUT2D eigenvalue weighted by atomic mass is 10.1. The summed E-state index contributed by atoms with van der Waals surface area (Å²) in [4.78, 5) is 11.8. The molecule has 0 fully saturated rings. The van der Waals surface area contributed by atoms with E-state index in [1.165, 1.54) is 5.56 Å². The van der Waals surface area contributed by atoms with Crippen molar-refractivity contribution in [2.24, 2.45) is 0 Å². The minimum atomic E-state index is 0.00151. The molecule has 3 N–H and O–H groups in total. The maximum Gasteiger partial charge on any atom is 0.223 e. The number of nitrogen functional groups attached to an aromatic ring is 1. The molecule has 0 radical (unpaired) electrons. The molecule has 112 valence electrons. The third-order valence-corrected chi connectivity index (χ3v) is 3.72. The molecule has 4 nitrogen and oxygen atoms in total. The highest BCUT2D eigenvalue weighted by molar-refractivity contribution is 7.07. The molecule has 0 aliphatic heterocycles. The van der Waals surface area contributed by atoms with Gasteiger partial charge in [-0.15, -0.1) is 0 Å². The van der Waals surface area contributed by atoms with Crippen molar-refractivity contribution < 1.29 is 9.53 Å². The van der Waals surface area contributed by atoms with Crippen molar-refractivity contribution in [3.8, 4) is 5.75 Å². The molecule has 1 amide bonds. The van der Waals surface area contributed by atoms with Crippen LogP contribution in [0.5, 0.6) is 5.75 Å². The number of rotatable bonds is 7. The molecule has 1 aromatic heterocycles. The number of benzene rings is 1. The van der Waals surface area contributed by atoms with Crippen molar-refractivity contribution in [2.75, 3.05) is 12.3 Å². The second kappa shape index (κ2) is 7.69. The van der Waals surface area contributed by atoms with Gasteiger partial charge in [-0.05, 0) is 47.9 Å². The number of hydrogen-bond acceptors (Lipinski definition) is 4. The summed E-state index contributed by atoms with van der Waals surface area (Å²) in [6.45, 7) is 2.36. The average Bonchev–Trinajstić information content (AvgIpc) is 2.91. The molecule has 0 aliphatic rings. The average molecular weight is 304 g/mol. The van der Waals surface area contributed by atoms with E-state index in [0.29, 0.717) is 24.5 Å². The summed E-state index contributed by atoms with van der Waals surface area (Å²) in [6.07, 6.45) is 1.19. The minimum absolute atomic E-state index is 0.00151. The molecule has 21 heavy (non-hydrogen) atoms. The number of nitrogens with two attached hydrogens (primary N) is 1. The molecule has 1 aromatic carbocycles. The highest BCUT2D eigenvalue weighted by Gasteiger charge is 2.08. The largest absolute Gasteiger partial charge is 0.493 e. The van der Waals surface area contributed by atoms with Gasteiger partial charge in [0, 0.05) is 17.8 Å². The summed E-state index contributed by atoms with van der Waals surface area (Å²) in [6, 6.07) is 9.40. The Hall–Kier alpha value is -2.01. The second-order valence-electron chi connectivity index (χ2n) is 4.98. The topological polar surface area (TPSA) is 64.3 Å². The van der Waals surface area contributed by atoms with Crippen LogP contribution in [-0.4, -0.2) is 18.6 Å². The summed E-state index contributed by atoms with van der Waals surface area (Å²) in [7, 11) is 0. The van der Waals surface area contributed by atoms with Gasteiger partial charge in [-0.3, -0.25) is 4.79 Å². The Balaban J connectivity index is 1.67. The molecule has 1 heterocycles.